The van der Waals surface area contributed by atoms with Crippen LogP contribution >= 0.6 is 15.9 Å². The Kier molecular flexibility index (Phi) is 7.56. The van der Waals surface area contributed by atoms with Crippen molar-refractivity contribution < 1.29 is 19.2 Å². The largest absolute Gasteiger partial charge is 0.493 e. The summed E-state index contributed by atoms with van der Waals surface area (Å²) >= 11 is 3.47. The molecule has 3 aromatic rings. The van der Waals surface area contributed by atoms with Crippen molar-refractivity contribution in [2.45, 2.75) is 13.5 Å². The standard InChI is InChI=1S/C23H20BrN3O5/c1-15-4-3-5-18(10-15)23(28)26-25-13-17-11-20(24)22(21(12-17)31-2)32-14-16-6-8-19(9-7-16)27(29)30/h3-13H,14H2,1-2H3,(H,26,28). The van der Waals surface area contributed by atoms with E-state index in [0.29, 0.717) is 27.1 Å². The first-order chi connectivity index (χ1) is 15.4. The zero-order chi connectivity index (χ0) is 23.1. The van der Waals surface area contributed by atoms with Gasteiger partial charge in [0.05, 0.1) is 22.7 Å². The number of carbonyl (C=O) groups excluding carboxylic acids is 1. The highest BCUT2D eigenvalue weighted by Crippen LogP contribution is 2.37. The summed E-state index contributed by atoms with van der Waals surface area (Å²) in [6.45, 7) is 2.11. The molecule has 0 fully saturated rings. The van der Waals surface area contributed by atoms with E-state index >= 15 is 0 Å². The quantitative estimate of drug-likeness (QED) is 0.267. The fourth-order valence-electron chi connectivity index (χ4n) is 2.84. The minimum atomic E-state index is -0.451. The number of carbonyl (C=O) groups is 1. The fraction of sp³-hybridized carbons (Fsp3) is 0.130. The van der Waals surface area contributed by atoms with Crippen molar-refractivity contribution in [2.75, 3.05) is 7.11 Å². The summed E-state index contributed by atoms with van der Waals surface area (Å²) < 4.78 is 11.9. The molecule has 3 rings (SSSR count). The third-order valence-corrected chi connectivity index (χ3v) is 5.03. The number of nitrogens with zero attached hydrogens (tertiary/aromatic N) is 2. The molecule has 1 amide bonds. The Morgan fingerprint density at radius 2 is 1.94 bits per heavy atom. The number of benzene rings is 3. The van der Waals surface area contributed by atoms with E-state index in [1.54, 1.807) is 36.4 Å². The molecule has 3 aromatic carbocycles. The summed E-state index contributed by atoms with van der Waals surface area (Å²) in [6, 6.07) is 16.8. The van der Waals surface area contributed by atoms with E-state index in [9.17, 15) is 14.9 Å². The van der Waals surface area contributed by atoms with Gasteiger partial charge < -0.3 is 9.47 Å². The molecule has 9 heteroatoms. The molecule has 0 spiro atoms. The van der Waals surface area contributed by atoms with Gasteiger partial charge in [0, 0.05) is 17.7 Å². The van der Waals surface area contributed by atoms with Crippen LogP contribution in [0, 0.1) is 17.0 Å². The maximum Gasteiger partial charge on any atom is 0.271 e. The molecule has 0 radical (unpaired) electrons. The lowest BCUT2D eigenvalue weighted by atomic mass is 10.1. The average molecular weight is 498 g/mol. The average Bonchev–Trinajstić information content (AvgIpc) is 2.78. The summed E-state index contributed by atoms with van der Waals surface area (Å²) in [5.74, 6) is 0.638. The van der Waals surface area contributed by atoms with E-state index in [0.717, 1.165) is 11.1 Å². The lowest BCUT2D eigenvalue weighted by Crippen LogP contribution is -2.17. The first kappa shape index (κ1) is 23.0. The number of hydrogen-bond donors (Lipinski definition) is 1. The van der Waals surface area contributed by atoms with Crippen LogP contribution < -0.4 is 14.9 Å². The number of nitro groups is 1. The van der Waals surface area contributed by atoms with Crippen molar-refractivity contribution in [2.24, 2.45) is 5.10 Å². The minimum Gasteiger partial charge on any atom is -0.493 e. The van der Waals surface area contributed by atoms with Crippen LogP contribution in [0.2, 0.25) is 0 Å². The Morgan fingerprint density at radius 1 is 1.19 bits per heavy atom. The number of non-ortho nitro benzene ring substituents is 1. The van der Waals surface area contributed by atoms with Crippen molar-refractivity contribution in [1.82, 2.24) is 5.43 Å². The highest BCUT2D eigenvalue weighted by atomic mass is 79.9. The van der Waals surface area contributed by atoms with Crippen molar-refractivity contribution in [3.63, 3.8) is 0 Å². The third-order valence-electron chi connectivity index (χ3n) is 4.44. The van der Waals surface area contributed by atoms with Crippen molar-refractivity contribution in [1.29, 1.82) is 0 Å². The van der Waals surface area contributed by atoms with E-state index in [-0.39, 0.29) is 18.2 Å². The van der Waals surface area contributed by atoms with E-state index in [4.69, 9.17) is 9.47 Å². The Labute approximate surface area is 193 Å². The highest BCUT2D eigenvalue weighted by Gasteiger charge is 2.12. The molecule has 8 nitrogen and oxygen atoms in total. The predicted octanol–water partition coefficient (Wildman–Crippen LogP) is 5.02. The molecule has 0 heterocycles. The van der Waals surface area contributed by atoms with Crippen LogP contribution in [0.4, 0.5) is 5.69 Å². The van der Waals surface area contributed by atoms with Gasteiger partial charge in [0.15, 0.2) is 11.5 Å². The molecule has 0 atom stereocenters. The van der Waals surface area contributed by atoms with Crippen LogP contribution in [0.15, 0.2) is 70.2 Å². The first-order valence-corrected chi connectivity index (χ1v) is 10.3. The molecule has 0 aliphatic rings. The number of aryl methyl sites for hydroxylation is 1. The molecule has 32 heavy (non-hydrogen) atoms. The summed E-state index contributed by atoms with van der Waals surface area (Å²) in [7, 11) is 1.51. The minimum absolute atomic E-state index is 0.0191. The maximum absolute atomic E-state index is 12.2. The smallest absolute Gasteiger partial charge is 0.271 e. The van der Waals surface area contributed by atoms with Gasteiger partial charge in [-0.25, -0.2) is 5.43 Å². The Morgan fingerprint density at radius 3 is 2.59 bits per heavy atom. The topological polar surface area (TPSA) is 103 Å². The molecular weight excluding hydrogens is 478 g/mol. The number of nitro benzene ring substituents is 1. The Hall–Kier alpha value is -3.72. The van der Waals surface area contributed by atoms with Gasteiger partial charge in [-0.3, -0.25) is 14.9 Å². The van der Waals surface area contributed by atoms with Gasteiger partial charge >= 0.3 is 0 Å². The number of hydrogen-bond acceptors (Lipinski definition) is 6. The van der Waals surface area contributed by atoms with Crippen LogP contribution in [-0.4, -0.2) is 24.2 Å². The molecule has 0 aromatic heterocycles. The second kappa shape index (κ2) is 10.5. The van der Waals surface area contributed by atoms with Gasteiger partial charge in [-0.15, -0.1) is 0 Å². The molecule has 0 bridgehead atoms. The van der Waals surface area contributed by atoms with Crippen LogP contribution in [0.25, 0.3) is 0 Å². The van der Waals surface area contributed by atoms with E-state index in [1.165, 1.54) is 25.5 Å². The fourth-order valence-corrected chi connectivity index (χ4v) is 3.41. The number of halogens is 1. The van der Waals surface area contributed by atoms with Crippen LogP contribution in [0.5, 0.6) is 11.5 Å². The van der Waals surface area contributed by atoms with Gasteiger partial charge in [-0.1, -0.05) is 17.7 Å². The van der Waals surface area contributed by atoms with Gasteiger partial charge in [-0.05, 0) is 70.4 Å². The molecule has 1 N–H and O–H groups in total. The zero-order valence-corrected chi connectivity index (χ0v) is 19.0. The number of methoxy groups -OCH3 is 1. The monoisotopic (exact) mass is 497 g/mol. The molecule has 0 aliphatic heterocycles. The van der Waals surface area contributed by atoms with Gasteiger partial charge in [0.25, 0.3) is 11.6 Å². The summed E-state index contributed by atoms with van der Waals surface area (Å²) in [5.41, 5.74) is 5.48. The van der Waals surface area contributed by atoms with E-state index in [1.807, 2.05) is 19.1 Å². The first-order valence-electron chi connectivity index (χ1n) is 9.51. The SMILES string of the molecule is COc1cc(C=NNC(=O)c2cccc(C)c2)cc(Br)c1OCc1ccc([N+](=O)[O-])cc1. The van der Waals surface area contributed by atoms with E-state index < -0.39 is 4.92 Å². The van der Waals surface area contributed by atoms with Crippen LogP contribution in [-0.2, 0) is 6.61 Å². The summed E-state index contributed by atoms with van der Waals surface area (Å²) in [4.78, 5) is 22.5. The second-order valence-electron chi connectivity index (χ2n) is 6.81. The molecule has 0 unspecified atom stereocenters. The zero-order valence-electron chi connectivity index (χ0n) is 17.4. The number of nitrogens with one attached hydrogen (secondary N) is 1. The van der Waals surface area contributed by atoms with Gasteiger partial charge in [0.1, 0.15) is 6.61 Å². The third kappa shape index (κ3) is 5.92. The molecule has 164 valence electrons. The summed E-state index contributed by atoms with van der Waals surface area (Å²) in [5, 5.41) is 14.8. The van der Waals surface area contributed by atoms with Gasteiger partial charge in [0.2, 0.25) is 0 Å². The lowest BCUT2D eigenvalue weighted by molar-refractivity contribution is -0.384. The molecule has 0 saturated carbocycles. The van der Waals surface area contributed by atoms with Gasteiger partial charge in [-0.2, -0.15) is 5.10 Å². The van der Waals surface area contributed by atoms with Crippen LogP contribution in [0.3, 0.4) is 0 Å². The normalized spacial score (nSPS) is 10.7. The van der Waals surface area contributed by atoms with Crippen molar-refractivity contribution in [3.8, 4) is 11.5 Å². The van der Waals surface area contributed by atoms with Crippen molar-refractivity contribution >= 4 is 33.7 Å². The maximum atomic E-state index is 12.2. The molecular formula is C23H20BrN3O5. The summed E-state index contributed by atoms with van der Waals surface area (Å²) in [6.07, 6.45) is 1.50. The number of rotatable bonds is 8. The lowest BCUT2D eigenvalue weighted by Gasteiger charge is -2.13. The Balaban J connectivity index is 1.68. The van der Waals surface area contributed by atoms with Crippen molar-refractivity contribution in [3.05, 3.63) is 97.5 Å². The molecule has 0 saturated heterocycles. The highest BCUT2D eigenvalue weighted by molar-refractivity contribution is 9.10. The second-order valence-corrected chi connectivity index (χ2v) is 7.67. The number of hydrazone groups is 1. The van der Waals surface area contributed by atoms with Crippen LogP contribution in [0.1, 0.15) is 27.0 Å². The number of amides is 1. The molecule has 0 aliphatic carbocycles. The van der Waals surface area contributed by atoms with E-state index in [2.05, 4.69) is 26.5 Å². The number of ether oxygens (including phenoxy) is 2. The Bertz CT molecular complexity index is 1160. The predicted molar refractivity (Wildman–Crippen MR) is 124 cm³/mol.